The van der Waals surface area contributed by atoms with Crippen molar-refractivity contribution in [2.45, 2.75) is 52.0 Å². The highest BCUT2D eigenvalue weighted by Gasteiger charge is 2.28. The van der Waals surface area contributed by atoms with Gasteiger partial charge in [0, 0.05) is 25.0 Å². The lowest BCUT2D eigenvalue weighted by Gasteiger charge is -2.31. The van der Waals surface area contributed by atoms with E-state index in [0.717, 1.165) is 32.2 Å². The predicted octanol–water partition coefficient (Wildman–Crippen LogP) is 1.90. The number of hydrogen-bond acceptors (Lipinski definition) is 3. The Morgan fingerprint density at radius 1 is 1.39 bits per heavy atom. The third-order valence-corrected chi connectivity index (χ3v) is 3.51. The van der Waals surface area contributed by atoms with Gasteiger partial charge in [0.05, 0.1) is 12.5 Å². The molecule has 0 aliphatic heterocycles. The largest absolute Gasteiger partial charge is 0.341 e. The van der Waals surface area contributed by atoms with E-state index in [0.29, 0.717) is 18.9 Å². The summed E-state index contributed by atoms with van der Waals surface area (Å²) in [6, 6.07) is 2.39. The molecule has 1 saturated carbocycles. The molecular formula is C14H25N3O. The van der Waals surface area contributed by atoms with Crippen LogP contribution in [0, 0.1) is 23.2 Å². The van der Waals surface area contributed by atoms with Gasteiger partial charge < -0.3 is 10.6 Å². The average Bonchev–Trinajstić information content (AvgIpc) is 2.34. The minimum Gasteiger partial charge on any atom is -0.341 e. The number of nitrogens with two attached hydrogens (primary N) is 1. The van der Waals surface area contributed by atoms with E-state index in [9.17, 15) is 4.79 Å². The van der Waals surface area contributed by atoms with E-state index >= 15 is 0 Å². The summed E-state index contributed by atoms with van der Waals surface area (Å²) >= 11 is 0. The molecule has 0 aromatic rings. The highest BCUT2D eigenvalue weighted by Crippen LogP contribution is 2.25. The van der Waals surface area contributed by atoms with Crippen LogP contribution in [0.1, 0.15) is 46.0 Å². The van der Waals surface area contributed by atoms with Gasteiger partial charge >= 0.3 is 0 Å². The Morgan fingerprint density at radius 2 is 2.00 bits per heavy atom. The Hall–Kier alpha value is -1.08. The van der Waals surface area contributed by atoms with Gasteiger partial charge in [-0.15, -0.1) is 0 Å². The molecule has 1 aliphatic carbocycles. The van der Waals surface area contributed by atoms with Gasteiger partial charge in [0.15, 0.2) is 0 Å². The van der Waals surface area contributed by atoms with Gasteiger partial charge in [-0.3, -0.25) is 4.79 Å². The van der Waals surface area contributed by atoms with Crippen molar-refractivity contribution in [2.75, 3.05) is 13.1 Å². The first-order valence-electron chi connectivity index (χ1n) is 6.96. The highest BCUT2D eigenvalue weighted by atomic mass is 16.2. The van der Waals surface area contributed by atoms with Crippen molar-refractivity contribution in [3.05, 3.63) is 0 Å². The van der Waals surface area contributed by atoms with Crippen molar-refractivity contribution in [1.29, 1.82) is 5.26 Å². The maximum Gasteiger partial charge on any atom is 0.225 e. The molecule has 0 spiro atoms. The van der Waals surface area contributed by atoms with Gasteiger partial charge in [0.1, 0.15) is 0 Å². The third-order valence-electron chi connectivity index (χ3n) is 3.51. The van der Waals surface area contributed by atoms with E-state index in [4.69, 9.17) is 11.0 Å². The molecule has 102 valence electrons. The second-order valence-corrected chi connectivity index (χ2v) is 5.70. The fourth-order valence-electron chi connectivity index (χ4n) is 2.54. The van der Waals surface area contributed by atoms with Crippen molar-refractivity contribution in [3.63, 3.8) is 0 Å². The first-order chi connectivity index (χ1) is 8.54. The molecule has 0 atom stereocenters. The van der Waals surface area contributed by atoms with Crippen molar-refractivity contribution in [1.82, 2.24) is 4.90 Å². The second kappa shape index (κ2) is 7.38. The summed E-state index contributed by atoms with van der Waals surface area (Å²) in [6.07, 6.45) is 4.13. The molecule has 2 N–H and O–H groups in total. The lowest BCUT2D eigenvalue weighted by molar-refractivity contribution is -0.137. The van der Waals surface area contributed by atoms with Crippen LogP contribution in [0.5, 0.6) is 0 Å². The molecule has 4 heteroatoms. The molecule has 1 aliphatic rings. The molecule has 4 nitrogen and oxygen atoms in total. The van der Waals surface area contributed by atoms with Crippen molar-refractivity contribution < 1.29 is 4.79 Å². The molecule has 0 heterocycles. The zero-order valence-corrected chi connectivity index (χ0v) is 11.6. The number of carbonyl (C=O) groups is 1. The first kappa shape index (κ1) is 15.0. The molecule has 0 aromatic heterocycles. The summed E-state index contributed by atoms with van der Waals surface area (Å²) in [4.78, 5) is 14.3. The lowest BCUT2D eigenvalue weighted by Crippen LogP contribution is -2.41. The maximum atomic E-state index is 12.4. The Balaban J connectivity index is 2.55. The monoisotopic (exact) mass is 251 g/mol. The van der Waals surface area contributed by atoms with Gasteiger partial charge in [0.25, 0.3) is 0 Å². The fraction of sp³-hybridized carbons (Fsp3) is 0.857. The van der Waals surface area contributed by atoms with Crippen LogP contribution in [0.4, 0.5) is 0 Å². The quantitative estimate of drug-likeness (QED) is 0.811. The van der Waals surface area contributed by atoms with E-state index in [2.05, 4.69) is 19.9 Å². The summed E-state index contributed by atoms with van der Waals surface area (Å²) in [6.45, 7) is 5.52. The summed E-state index contributed by atoms with van der Waals surface area (Å²) < 4.78 is 0. The molecule has 1 rings (SSSR count). The number of nitriles is 1. The van der Waals surface area contributed by atoms with Gasteiger partial charge in [-0.25, -0.2) is 0 Å². The molecular weight excluding hydrogens is 226 g/mol. The molecule has 0 saturated heterocycles. The molecule has 0 unspecified atom stereocenters. The van der Waals surface area contributed by atoms with Gasteiger partial charge in [0.2, 0.25) is 5.91 Å². The number of carbonyl (C=O) groups excluding carboxylic acids is 1. The molecule has 18 heavy (non-hydrogen) atoms. The Bertz CT molecular complexity index is 301. The summed E-state index contributed by atoms with van der Waals surface area (Å²) in [7, 11) is 0. The molecule has 1 fully saturated rings. The van der Waals surface area contributed by atoms with Crippen LogP contribution < -0.4 is 5.73 Å². The number of nitrogens with zero attached hydrogens (tertiary/aromatic N) is 2. The molecule has 0 aromatic carbocycles. The van der Waals surface area contributed by atoms with Crippen LogP contribution >= 0.6 is 0 Å². The fourth-order valence-corrected chi connectivity index (χ4v) is 2.54. The van der Waals surface area contributed by atoms with Gasteiger partial charge in [-0.1, -0.05) is 13.8 Å². The number of hydrogen-bond donors (Lipinski definition) is 1. The molecule has 1 amide bonds. The Labute approximate surface area is 110 Å². The van der Waals surface area contributed by atoms with E-state index in [1.165, 1.54) is 0 Å². The normalized spacial score (nSPS) is 23.7. The van der Waals surface area contributed by atoms with Crippen LogP contribution in [-0.2, 0) is 4.79 Å². The highest BCUT2D eigenvalue weighted by molar-refractivity contribution is 5.79. The lowest BCUT2D eigenvalue weighted by atomic mass is 9.85. The third kappa shape index (κ3) is 4.66. The Kier molecular flexibility index (Phi) is 6.14. The average molecular weight is 251 g/mol. The van der Waals surface area contributed by atoms with Crippen molar-refractivity contribution in [2.24, 2.45) is 17.6 Å². The van der Waals surface area contributed by atoms with Gasteiger partial charge in [-0.2, -0.15) is 5.26 Å². The Morgan fingerprint density at radius 3 is 2.50 bits per heavy atom. The first-order valence-corrected chi connectivity index (χ1v) is 6.96. The summed E-state index contributed by atoms with van der Waals surface area (Å²) in [5.41, 5.74) is 5.87. The van der Waals surface area contributed by atoms with Crippen LogP contribution in [-0.4, -0.2) is 29.9 Å². The van der Waals surface area contributed by atoms with E-state index in [1.807, 2.05) is 4.90 Å². The van der Waals surface area contributed by atoms with Crippen LogP contribution in [0.2, 0.25) is 0 Å². The van der Waals surface area contributed by atoms with Crippen molar-refractivity contribution >= 4 is 5.91 Å². The second-order valence-electron chi connectivity index (χ2n) is 5.70. The predicted molar refractivity (Wildman–Crippen MR) is 71.6 cm³/mol. The minimum atomic E-state index is 0.127. The standard InChI is InChI=1S/C14H25N3O/c1-11(2)10-17(9-3-8-15)14(18)12-4-6-13(16)7-5-12/h11-13H,3-7,9-10,16H2,1-2H3. The number of amides is 1. The maximum absolute atomic E-state index is 12.4. The topological polar surface area (TPSA) is 70.1 Å². The summed E-state index contributed by atoms with van der Waals surface area (Å²) in [5.74, 6) is 0.798. The van der Waals surface area contributed by atoms with E-state index in [1.54, 1.807) is 0 Å². The van der Waals surface area contributed by atoms with Crippen LogP contribution in [0.25, 0.3) is 0 Å². The van der Waals surface area contributed by atoms with Crippen LogP contribution in [0.15, 0.2) is 0 Å². The van der Waals surface area contributed by atoms with Crippen LogP contribution in [0.3, 0.4) is 0 Å². The molecule has 0 bridgehead atoms. The van der Waals surface area contributed by atoms with E-state index < -0.39 is 0 Å². The van der Waals surface area contributed by atoms with Gasteiger partial charge in [-0.05, 0) is 31.6 Å². The smallest absolute Gasteiger partial charge is 0.225 e. The zero-order valence-electron chi connectivity index (χ0n) is 11.6. The van der Waals surface area contributed by atoms with E-state index in [-0.39, 0.29) is 17.9 Å². The minimum absolute atomic E-state index is 0.127. The summed E-state index contributed by atoms with van der Waals surface area (Å²) in [5, 5.41) is 8.67. The van der Waals surface area contributed by atoms with Crippen molar-refractivity contribution in [3.8, 4) is 6.07 Å². The number of rotatable bonds is 5. The zero-order chi connectivity index (χ0) is 13.5. The molecule has 0 radical (unpaired) electrons. The SMILES string of the molecule is CC(C)CN(CCC#N)C(=O)C1CCC(N)CC1.